The van der Waals surface area contributed by atoms with Crippen molar-refractivity contribution in [2.24, 2.45) is 22.2 Å². The summed E-state index contributed by atoms with van der Waals surface area (Å²) in [5, 5.41) is 5.39. The van der Waals surface area contributed by atoms with E-state index in [1.165, 1.54) is 122 Å². The molecule has 1 atom stereocenters. The number of aliphatic imine (C=N–C) groups is 1. The molecule has 0 heterocycles. The highest BCUT2D eigenvalue weighted by atomic mass is 16.2. The predicted octanol–water partition coefficient (Wildman–Crippen LogP) is 6.12. The molecule has 246 valence electrons. The summed E-state index contributed by atoms with van der Waals surface area (Å²) in [4.78, 5) is 39.5. The summed E-state index contributed by atoms with van der Waals surface area (Å²) in [7, 11) is 0. The van der Waals surface area contributed by atoms with E-state index in [1.807, 2.05) is 0 Å². The van der Waals surface area contributed by atoms with Crippen molar-refractivity contribution in [2.75, 3.05) is 13.1 Å². The Hall–Kier alpha value is -2.32. The lowest BCUT2D eigenvalue weighted by atomic mass is 10.0. The first-order chi connectivity index (χ1) is 20.4. The minimum absolute atomic E-state index is 0.0176. The van der Waals surface area contributed by atoms with Crippen molar-refractivity contribution in [1.82, 2.24) is 10.6 Å². The van der Waals surface area contributed by atoms with Crippen LogP contribution < -0.4 is 27.8 Å². The monoisotopic (exact) mass is 595 g/mol. The van der Waals surface area contributed by atoms with Crippen molar-refractivity contribution in [3.8, 4) is 0 Å². The highest BCUT2D eigenvalue weighted by molar-refractivity contribution is 5.86. The summed E-state index contributed by atoms with van der Waals surface area (Å²) in [6, 6.07) is -0.776. The van der Waals surface area contributed by atoms with Gasteiger partial charge in [-0.25, -0.2) is 0 Å². The fourth-order valence-electron chi connectivity index (χ4n) is 5.18. The van der Waals surface area contributed by atoms with Gasteiger partial charge in [-0.05, 0) is 19.3 Å². The molecule has 0 fully saturated rings. The van der Waals surface area contributed by atoms with E-state index >= 15 is 0 Å². The number of amides is 3. The first-order valence-corrected chi connectivity index (χ1v) is 17.3. The number of rotatable bonds is 31. The number of guanidine groups is 1. The Balaban J connectivity index is 3.47. The number of hydrogen-bond acceptors (Lipinski definition) is 4. The van der Waals surface area contributed by atoms with Gasteiger partial charge in [0.2, 0.25) is 17.7 Å². The summed E-state index contributed by atoms with van der Waals surface area (Å²) in [5.74, 6) is -0.984. The van der Waals surface area contributed by atoms with Crippen LogP contribution in [0.5, 0.6) is 0 Å². The molecule has 9 nitrogen and oxygen atoms in total. The lowest BCUT2D eigenvalue weighted by Crippen LogP contribution is -2.45. The van der Waals surface area contributed by atoms with Crippen molar-refractivity contribution in [2.45, 2.75) is 173 Å². The third-order valence-corrected chi connectivity index (χ3v) is 7.81. The minimum Gasteiger partial charge on any atom is -0.370 e. The zero-order valence-electron chi connectivity index (χ0n) is 27.1. The second kappa shape index (κ2) is 30.1. The van der Waals surface area contributed by atoms with Crippen LogP contribution in [0.15, 0.2) is 4.99 Å². The van der Waals surface area contributed by atoms with Gasteiger partial charge < -0.3 is 27.8 Å². The number of carbonyl (C=O) groups is 3. The minimum atomic E-state index is -0.776. The van der Waals surface area contributed by atoms with Gasteiger partial charge in [-0.3, -0.25) is 19.4 Å². The van der Waals surface area contributed by atoms with Crippen molar-refractivity contribution >= 4 is 23.7 Å². The normalized spacial score (nSPS) is 11.6. The fraction of sp³-hybridized carbons (Fsp3) is 0.879. The van der Waals surface area contributed by atoms with E-state index in [0.29, 0.717) is 25.8 Å². The van der Waals surface area contributed by atoms with Crippen LogP contribution in [0.3, 0.4) is 0 Å². The number of nitrogens with zero attached hydrogens (tertiary/aromatic N) is 1. The summed E-state index contributed by atoms with van der Waals surface area (Å²) in [5.41, 5.74) is 15.9. The highest BCUT2D eigenvalue weighted by Crippen LogP contribution is 2.15. The third kappa shape index (κ3) is 29.2. The quantitative estimate of drug-likeness (QED) is 0.0370. The molecule has 3 amide bonds. The number of primary amides is 1. The van der Waals surface area contributed by atoms with Crippen LogP contribution >= 0.6 is 0 Å². The first kappa shape index (κ1) is 39.7. The van der Waals surface area contributed by atoms with Gasteiger partial charge in [-0.1, -0.05) is 135 Å². The summed E-state index contributed by atoms with van der Waals surface area (Å²) in [6.07, 6.45) is 29.6. The second-order valence-corrected chi connectivity index (χ2v) is 11.9. The number of hydrogen-bond donors (Lipinski definition) is 5. The predicted molar refractivity (Wildman–Crippen MR) is 176 cm³/mol. The van der Waals surface area contributed by atoms with Gasteiger partial charge in [0.05, 0.1) is 0 Å². The summed E-state index contributed by atoms with van der Waals surface area (Å²) in [6.45, 7) is 2.88. The molecular weight excluding hydrogens is 528 g/mol. The molecule has 0 bridgehead atoms. The van der Waals surface area contributed by atoms with Crippen LogP contribution in [0.4, 0.5) is 0 Å². The Morgan fingerprint density at radius 3 is 1.40 bits per heavy atom. The molecule has 0 saturated carbocycles. The van der Waals surface area contributed by atoms with Crippen molar-refractivity contribution < 1.29 is 14.4 Å². The van der Waals surface area contributed by atoms with Crippen LogP contribution in [0.25, 0.3) is 0 Å². The average molecular weight is 595 g/mol. The van der Waals surface area contributed by atoms with Crippen LogP contribution in [0.1, 0.15) is 167 Å². The van der Waals surface area contributed by atoms with Crippen LogP contribution in [-0.4, -0.2) is 42.8 Å². The molecule has 0 aliphatic rings. The van der Waals surface area contributed by atoms with Crippen LogP contribution in [-0.2, 0) is 14.4 Å². The Morgan fingerprint density at radius 1 is 0.571 bits per heavy atom. The van der Waals surface area contributed by atoms with Gasteiger partial charge in [-0.2, -0.15) is 0 Å². The smallest absolute Gasteiger partial charge is 0.240 e. The molecule has 42 heavy (non-hydrogen) atoms. The van der Waals surface area contributed by atoms with E-state index in [0.717, 1.165) is 12.8 Å². The van der Waals surface area contributed by atoms with E-state index in [4.69, 9.17) is 17.2 Å². The Labute approximate surface area is 257 Å². The molecular formula is C33H66N6O3. The highest BCUT2D eigenvalue weighted by Gasteiger charge is 2.17. The molecule has 0 aromatic carbocycles. The Bertz CT molecular complexity index is 697. The van der Waals surface area contributed by atoms with Crippen molar-refractivity contribution in [3.05, 3.63) is 0 Å². The third-order valence-electron chi connectivity index (χ3n) is 7.81. The summed E-state index contributed by atoms with van der Waals surface area (Å²) < 4.78 is 0. The maximum Gasteiger partial charge on any atom is 0.240 e. The van der Waals surface area contributed by atoms with E-state index in [-0.39, 0.29) is 30.7 Å². The number of nitrogens with two attached hydrogens (primary N) is 3. The van der Waals surface area contributed by atoms with Gasteiger partial charge in [-0.15, -0.1) is 0 Å². The second-order valence-electron chi connectivity index (χ2n) is 11.9. The van der Waals surface area contributed by atoms with Gasteiger partial charge in [0, 0.05) is 25.9 Å². The van der Waals surface area contributed by atoms with Crippen LogP contribution in [0, 0.1) is 0 Å². The molecule has 0 saturated heterocycles. The maximum absolute atomic E-state index is 12.1. The topological polar surface area (TPSA) is 166 Å². The Morgan fingerprint density at radius 2 is 1.00 bits per heavy atom. The lowest BCUT2D eigenvalue weighted by Gasteiger charge is -2.15. The number of nitrogens with one attached hydrogen (secondary N) is 2. The molecule has 0 aromatic heterocycles. The van der Waals surface area contributed by atoms with Crippen molar-refractivity contribution in [1.29, 1.82) is 0 Å². The molecule has 0 aliphatic heterocycles. The zero-order valence-corrected chi connectivity index (χ0v) is 27.1. The van der Waals surface area contributed by atoms with Crippen LogP contribution in [0.2, 0.25) is 0 Å². The maximum atomic E-state index is 12.1. The van der Waals surface area contributed by atoms with E-state index in [9.17, 15) is 14.4 Å². The van der Waals surface area contributed by atoms with Gasteiger partial charge in [0.15, 0.2) is 5.96 Å². The molecule has 0 unspecified atom stereocenters. The summed E-state index contributed by atoms with van der Waals surface area (Å²) >= 11 is 0. The molecule has 0 spiro atoms. The van der Waals surface area contributed by atoms with E-state index < -0.39 is 11.9 Å². The standard InChI is InChI=1S/C33H66N6O3/c1-2-3-4-5-6-7-8-9-10-11-12-13-14-15-16-17-18-19-20-21-22-25-30(40)37-28-26-31(41)39-29(32(34)42)24-23-27-38-33(35)36/h29H,2-28H2,1H3,(H2,34,42)(H,37,40)(H,39,41)(H4,35,36,38)/t29-/m0/s1. The zero-order chi connectivity index (χ0) is 31.1. The first-order valence-electron chi connectivity index (χ1n) is 17.3. The molecule has 9 heteroatoms. The van der Waals surface area contributed by atoms with Crippen molar-refractivity contribution in [3.63, 3.8) is 0 Å². The molecule has 0 aliphatic carbocycles. The SMILES string of the molecule is CCCCCCCCCCCCCCCCCCCCCCCC(=O)NCCC(=O)N[C@@H](CCCN=C(N)N)C(N)=O. The van der Waals surface area contributed by atoms with Gasteiger partial charge >= 0.3 is 0 Å². The average Bonchev–Trinajstić information content (AvgIpc) is 2.95. The number of carbonyl (C=O) groups excluding carboxylic acids is 3. The molecule has 0 rings (SSSR count). The Kier molecular flexibility index (Phi) is 28.5. The largest absolute Gasteiger partial charge is 0.370 e. The van der Waals surface area contributed by atoms with Gasteiger partial charge in [0.1, 0.15) is 6.04 Å². The molecule has 0 aromatic rings. The molecule has 0 radical (unpaired) electrons. The number of unbranched alkanes of at least 4 members (excludes halogenated alkanes) is 20. The van der Waals surface area contributed by atoms with E-state index in [1.54, 1.807) is 0 Å². The fourth-order valence-corrected chi connectivity index (χ4v) is 5.18. The van der Waals surface area contributed by atoms with E-state index in [2.05, 4.69) is 22.5 Å². The molecule has 8 N–H and O–H groups in total. The van der Waals surface area contributed by atoms with Gasteiger partial charge in [0.25, 0.3) is 0 Å². The lowest BCUT2D eigenvalue weighted by molar-refractivity contribution is -0.127.